The first-order chi connectivity index (χ1) is 15.6. The molecule has 0 saturated carbocycles. The Morgan fingerprint density at radius 3 is 2.42 bits per heavy atom. The van der Waals surface area contributed by atoms with Crippen molar-refractivity contribution in [3.63, 3.8) is 0 Å². The second-order valence-electron chi connectivity index (χ2n) is 10.9. The van der Waals surface area contributed by atoms with Crippen molar-refractivity contribution in [2.75, 3.05) is 19.7 Å². The van der Waals surface area contributed by atoms with Gasteiger partial charge in [0.05, 0.1) is 30.1 Å². The lowest BCUT2D eigenvalue weighted by Crippen LogP contribution is -2.58. The Balaban J connectivity index is 2.06. The third-order valence-corrected chi connectivity index (χ3v) is 8.01. The molecule has 7 atom stereocenters. The van der Waals surface area contributed by atoms with Crippen molar-refractivity contribution in [1.29, 1.82) is 0 Å². The highest BCUT2D eigenvalue weighted by molar-refractivity contribution is 5.99. The summed E-state index contributed by atoms with van der Waals surface area (Å²) in [5.74, 6) is -1.79. The van der Waals surface area contributed by atoms with E-state index in [0.717, 1.165) is 19.3 Å². The highest BCUT2D eigenvalue weighted by Gasteiger charge is 2.80. The quantitative estimate of drug-likeness (QED) is 0.404. The van der Waals surface area contributed by atoms with E-state index < -0.39 is 35.1 Å². The normalized spacial score (nSPS) is 35.8. The second-order valence-corrected chi connectivity index (χ2v) is 10.9. The van der Waals surface area contributed by atoms with E-state index in [-0.39, 0.29) is 36.2 Å². The van der Waals surface area contributed by atoms with Crippen molar-refractivity contribution < 1.29 is 24.2 Å². The van der Waals surface area contributed by atoms with E-state index in [4.69, 9.17) is 4.74 Å². The van der Waals surface area contributed by atoms with Crippen LogP contribution in [0.1, 0.15) is 73.6 Å². The zero-order valence-corrected chi connectivity index (χ0v) is 21.1. The molecular formula is C25H43N3O5. The lowest BCUT2D eigenvalue weighted by molar-refractivity contribution is -0.151. The molecule has 3 rings (SSSR count). The summed E-state index contributed by atoms with van der Waals surface area (Å²) in [6, 6.07) is -1.35. The summed E-state index contributed by atoms with van der Waals surface area (Å²) in [4.78, 5) is 42.5. The molecule has 0 aromatic rings. The van der Waals surface area contributed by atoms with Gasteiger partial charge in [-0.15, -0.1) is 0 Å². The summed E-state index contributed by atoms with van der Waals surface area (Å²) < 4.78 is 6.67. The van der Waals surface area contributed by atoms with Crippen molar-refractivity contribution in [1.82, 2.24) is 15.5 Å². The van der Waals surface area contributed by atoms with Crippen molar-refractivity contribution in [2.24, 2.45) is 23.7 Å². The number of fused-ring (bicyclic) bond motifs is 1. The minimum Gasteiger partial charge on any atom is -0.394 e. The first-order valence-electron chi connectivity index (χ1n) is 12.8. The summed E-state index contributed by atoms with van der Waals surface area (Å²) in [5, 5.41) is 16.2. The molecule has 3 unspecified atom stereocenters. The number of unbranched alkanes of at least 4 members (excludes halogenated alkanes) is 1. The Labute approximate surface area is 198 Å². The van der Waals surface area contributed by atoms with Crippen LogP contribution in [0.25, 0.3) is 0 Å². The van der Waals surface area contributed by atoms with E-state index in [9.17, 15) is 19.5 Å². The number of nitrogens with zero attached hydrogens (tertiary/aromatic N) is 1. The summed E-state index contributed by atoms with van der Waals surface area (Å²) in [6.07, 6.45) is 3.70. The van der Waals surface area contributed by atoms with Gasteiger partial charge >= 0.3 is 0 Å². The number of likely N-dealkylation sites (tertiary alicyclic amines) is 1. The summed E-state index contributed by atoms with van der Waals surface area (Å²) >= 11 is 0. The maximum atomic E-state index is 14.0. The van der Waals surface area contributed by atoms with E-state index in [2.05, 4.69) is 17.6 Å². The predicted octanol–water partition coefficient (Wildman–Crippen LogP) is 1.85. The number of aliphatic hydroxyl groups is 1. The van der Waals surface area contributed by atoms with Crippen LogP contribution < -0.4 is 10.6 Å². The highest BCUT2D eigenvalue weighted by atomic mass is 16.5. The Morgan fingerprint density at radius 1 is 1.18 bits per heavy atom. The Kier molecular flexibility index (Phi) is 7.79. The van der Waals surface area contributed by atoms with Gasteiger partial charge in [-0.3, -0.25) is 14.4 Å². The van der Waals surface area contributed by atoms with Crippen molar-refractivity contribution in [3.05, 3.63) is 0 Å². The number of ether oxygens (including phenoxy) is 1. The van der Waals surface area contributed by atoms with E-state index >= 15 is 0 Å². The maximum Gasteiger partial charge on any atom is 0.245 e. The van der Waals surface area contributed by atoms with Crippen LogP contribution in [0.15, 0.2) is 0 Å². The fourth-order valence-corrected chi connectivity index (χ4v) is 6.43. The van der Waals surface area contributed by atoms with Crippen molar-refractivity contribution >= 4 is 17.7 Å². The van der Waals surface area contributed by atoms with Gasteiger partial charge in [-0.25, -0.2) is 0 Å². The number of aliphatic hydroxyl groups excluding tert-OH is 1. The zero-order chi connectivity index (χ0) is 24.6. The minimum absolute atomic E-state index is 0.0162. The average molecular weight is 466 g/mol. The topological polar surface area (TPSA) is 108 Å². The lowest BCUT2D eigenvalue weighted by Gasteiger charge is -2.37. The molecule has 0 aliphatic carbocycles. The molecule has 3 aliphatic rings. The van der Waals surface area contributed by atoms with Crippen LogP contribution in [0.4, 0.5) is 0 Å². The number of nitrogens with one attached hydrogen (secondary N) is 2. The van der Waals surface area contributed by atoms with Crippen LogP contribution in [0.5, 0.6) is 0 Å². The smallest absolute Gasteiger partial charge is 0.245 e. The third-order valence-electron chi connectivity index (χ3n) is 8.01. The first kappa shape index (κ1) is 25.9. The van der Waals surface area contributed by atoms with Crippen molar-refractivity contribution in [2.45, 2.75) is 96.9 Å². The van der Waals surface area contributed by atoms with Crippen LogP contribution in [-0.2, 0) is 19.1 Å². The molecule has 8 heteroatoms. The van der Waals surface area contributed by atoms with Gasteiger partial charge in [-0.05, 0) is 44.4 Å². The lowest BCUT2D eigenvalue weighted by atomic mass is 9.62. The molecule has 3 N–H and O–H groups in total. The van der Waals surface area contributed by atoms with Crippen LogP contribution in [0.2, 0.25) is 0 Å². The van der Waals surface area contributed by atoms with E-state index in [1.165, 1.54) is 0 Å². The molecule has 0 aromatic heterocycles. The van der Waals surface area contributed by atoms with Crippen LogP contribution in [0.3, 0.4) is 0 Å². The molecule has 3 aliphatic heterocycles. The summed E-state index contributed by atoms with van der Waals surface area (Å²) in [5.41, 5.74) is -1.86. The molecule has 3 saturated heterocycles. The molecule has 2 bridgehead atoms. The number of carbonyl (C=O) groups is 3. The van der Waals surface area contributed by atoms with Crippen molar-refractivity contribution in [3.8, 4) is 0 Å². The van der Waals surface area contributed by atoms with E-state index in [1.54, 1.807) is 4.90 Å². The van der Waals surface area contributed by atoms with Crippen LogP contribution >= 0.6 is 0 Å². The SMILES string of the molecule is CCCCNC(=O)C1N([C@@H](CO)CC(C)C)C(=O)[C@@H]2[C@H](C(=O)NCCC)[C@@]3(C)OC12CC3C. The monoisotopic (exact) mass is 465 g/mol. The molecule has 1 spiro atoms. The molecule has 8 nitrogen and oxygen atoms in total. The summed E-state index contributed by atoms with van der Waals surface area (Å²) in [6.45, 7) is 12.9. The Hall–Kier alpha value is -1.67. The van der Waals surface area contributed by atoms with Gasteiger partial charge in [0, 0.05) is 13.1 Å². The molecule has 3 fully saturated rings. The molecule has 3 amide bonds. The number of rotatable bonds is 11. The fourth-order valence-electron chi connectivity index (χ4n) is 6.43. The average Bonchev–Trinajstić information content (AvgIpc) is 3.27. The largest absolute Gasteiger partial charge is 0.394 e. The number of amides is 3. The molecule has 188 valence electrons. The number of carbonyl (C=O) groups excluding carboxylic acids is 3. The first-order valence-corrected chi connectivity index (χ1v) is 12.8. The maximum absolute atomic E-state index is 14.0. The molecular weight excluding hydrogens is 422 g/mol. The van der Waals surface area contributed by atoms with Crippen LogP contribution in [0, 0.1) is 23.7 Å². The number of hydrogen-bond donors (Lipinski definition) is 3. The fraction of sp³-hybridized carbons (Fsp3) is 0.880. The van der Waals surface area contributed by atoms with Gasteiger partial charge in [0.25, 0.3) is 0 Å². The van der Waals surface area contributed by atoms with E-state index in [1.807, 2.05) is 34.6 Å². The van der Waals surface area contributed by atoms with Gasteiger partial charge in [-0.1, -0.05) is 41.0 Å². The van der Waals surface area contributed by atoms with Crippen LogP contribution in [-0.4, -0.2) is 70.7 Å². The second kappa shape index (κ2) is 9.90. The van der Waals surface area contributed by atoms with Gasteiger partial charge in [0.1, 0.15) is 11.6 Å². The standard InChI is InChI=1S/C25H43N3O5/c1-7-9-11-27-22(31)20-25-13-16(5)24(6,33-25)18(21(30)26-10-8-2)19(25)23(32)28(20)17(14-29)12-15(3)4/h15-20,29H,7-14H2,1-6H3,(H,26,30)(H,27,31)/t16?,17-,18-,19+,20?,24+,25?/m1/s1. The molecule has 33 heavy (non-hydrogen) atoms. The number of hydrogen-bond acceptors (Lipinski definition) is 5. The van der Waals surface area contributed by atoms with Gasteiger partial charge < -0.3 is 25.4 Å². The Bertz CT molecular complexity index is 758. The third kappa shape index (κ3) is 4.18. The Morgan fingerprint density at radius 2 is 1.85 bits per heavy atom. The van der Waals surface area contributed by atoms with E-state index in [0.29, 0.717) is 25.9 Å². The zero-order valence-electron chi connectivity index (χ0n) is 21.1. The minimum atomic E-state index is -1.06. The van der Waals surface area contributed by atoms with Gasteiger partial charge in [0.15, 0.2) is 0 Å². The molecule has 0 radical (unpaired) electrons. The predicted molar refractivity (Wildman–Crippen MR) is 125 cm³/mol. The molecule has 3 heterocycles. The van der Waals surface area contributed by atoms with Gasteiger partial charge in [0.2, 0.25) is 17.7 Å². The summed E-state index contributed by atoms with van der Waals surface area (Å²) in [7, 11) is 0. The van der Waals surface area contributed by atoms with Gasteiger partial charge in [-0.2, -0.15) is 0 Å². The highest BCUT2D eigenvalue weighted by Crippen LogP contribution is 2.65. The molecule has 0 aromatic carbocycles.